The van der Waals surface area contributed by atoms with Gasteiger partial charge in [-0.15, -0.1) is 0 Å². The molecule has 24 heavy (non-hydrogen) atoms. The van der Waals surface area contributed by atoms with Crippen LogP contribution in [0.3, 0.4) is 0 Å². The summed E-state index contributed by atoms with van der Waals surface area (Å²) >= 11 is 0. The van der Waals surface area contributed by atoms with E-state index in [1.807, 2.05) is 13.8 Å². The second-order valence-corrected chi connectivity index (χ2v) is 8.79. The molecule has 0 radical (unpaired) electrons. The third kappa shape index (κ3) is 2.66. The van der Waals surface area contributed by atoms with Crippen molar-refractivity contribution in [3.63, 3.8) is 0 Å². The topological polar surface area (TPSA) is 70.6 Å². The summed E-state index contributed by atoms with van der Waals surface area (Å²) in [5.74, 6) is 2.45. The van der Waals surface area contributed by atoms with E-state index in [2.05, 4.69) is 15.8 Å². The van der Waals surface area contributed by atoms with E-state index in [9.17, 15) is 9.59 Å². The van der Waals surface area contributed by atoms with E-state index in [1.54, 1.807) is 0 Å². The number of nitrogens with zero attached hydrogens (tertiary/aromatic N) is 1. The van der Waals surface area contributed by atoms with Crippen LogP contribution in [0.1, 0.15) is 65.2 Å². The number of amides is 1. The smallest absolute Gasteiger partial charge is 0.244 e. The third-order valence-corrected chi connectivity index (χ3v) is 6.85. The minimum atomic E-state index is -0.383. The molecule has 4 aliphatic carbocycles. The summed E-state index contributed by atoms with van der Waals surface area (Å²) in [5.41, 5.74) is 3.36. The molecule has 4 bridgehead atoms. The van der Waals surface area contributed by atoms with Crippen LogP contribution in [0.2, 0.25) is 0 Å². The highest BCUT2D eigenvalue weighted by atomic mass is 16.2. The maximum Gasteiger partial charge on any atom is 0.244 e. The molecule has 2 unspecified atom stereocenters. The SMILES string of the molecule is CCC(C)NC(=O)C1CC(C(=O)C23CC4CC(CC(C4)C2)C3)=NN1. The second-order valence-electron chi connectivity index (χ2n) is 8.79. The summed E-state index contributed by atoms with van der Waals surface area (Å²) in [6, 6.07) is -0.228. The van der Waals surface area contributed by atoms with E-state index in [4.69, 9.17) is 0 Å². The molecule has 0 aromatic rings. The van der Waals surface area contributed by atoms with Crippen molar-refractivity contribution in [1.82, 2.24) is 10.7 Å². The quantitative estimate of drug-likeness (QED) is 0.813. The number of nitrogens with one attached hydrogen (secondary N) is 2. The Labute approximate surface area is 144 Å². The van der Waals surface area contributed by atoms with Gasteiger partial charge in [0.1, 0.15) is 11.8 Å². The average Bonchev–Trinajstić information content (AvgIpc) is 3.02. The van der Waals surface area contributed by atoms with E-state index in [0.29, 0.717) is 12.1 Å². The molecular weight excluding hydrogens is 302 g/mol. The molecular formula is C19H29N3O2. The van der Waals surface area contributed by atoms with Crippen molar-refractivity contribution in [3.8, 4) is 0 Å². The fraction of sp³-hybridized carbons (Fsp3) is 0.842. The number of hydrogen-bond donors (Lipinski definition) is 2. The van der Waals surface area contributed by atoms with Crippen molar-refractivity contribution in [1.29, 1.82) is 0 Å². The first-order valence-corrected chi connectivity index (χ1v) is 9.66. The number of ketones is 1. The first kappa shape index (κ1) is 16.1. The van der Waals surface area contributed by atoms with E-state index in [-0.39, 0.29) is 29.2 Å². The van der Waals surface area contributed by atoms with Crippen LogP contribution in [0.4, 0.5) is 0 Å². The van der Waals surface area contributed by atoms with Crippen molar-refractivity contribution in [2.45, 2.75) is 77.3 Å². The van der Waals surface area contributed by atoms with E-state index >= 15 is 0 Å². The van der Waals surface area contributed by atoms with Gasteiger partial charge in [-0.2, -0.15) is 5.10 Å². The lowest BCUT2D eigenvalue weighted by Crippen LogP contribution is -2.52. The lowest BCUT2D eigenvalue weighted by Gasteiger charge is -2.55. The molecule has 4 fully saturated rings. The van der Waals surface area contributed by atoms with Crippen LogP contribution < -0.4 is 10.7 Å². The fourth-order valence-corrected chi connectivity index (χ4v) is 5.88. The first-order valence-electron chi connectivity index (χ1n) is 9.66. The molecule has 2 atom stereocenters. The minimum Gasteiger partial charge on any atom is -0.352 e. The lowest BCUT2D eigenvalue weighted by atomic mass is 9.48. The van der Waals surface area contributed by atoms with Gasteiger partial charge in [0.2, 0.25) is 5.91 Å². The monoisotopic (exact) mass is 331 g/mol. The Morgan fingerprint density at radius 3 is 2.33 bits per heavy atom. The summed E-state index contributed by atoms with van der Waals surface area (Å²) in [4.78, 5) is 25.5. The van der Waals surface area contributed by atoms with Crippen molar-refractivity contribution < 1.29 is 9.59 Å². The Balaban J connectivity index is 1.42. The maximum atomic E-state index is 13.2. The third-order valence-electron chi connectivity index (χ3n) is 6.85. The summed E-state index contributed by atoms with van der Waals surface area (Å²) in [6.45, 7) is 4.04. The molecule has 0 aromatic heterocycles. The largest absolute Gasteiger partial charge is 0.352 e. The van der Waals surface area contributed by atoms with Crippen molar-refractivity contribution >= 4 is 17.4 Å². The predicted octanol–water partition coefficient (Wildman–Crippen LogP) is 2.40. The molecule has 1 amide bonds. The minimum absolute atomic E-state index is 0.0404. The van der Waals surface area contributed by atoms with Gasteiger partial charge in [-0.1, -0.05) is 6.92 Å². The molecule has 132 valence electrons. The first-order chi connectivity index (χ1) is 11.5. The van der Waals surface area contributed by atoms with Crippen molar-refractivity contribution in [3.05, 3.63) is 0 Å². The zero-order valence-corrected chi connectivity index (χ0v) is 14.8. The van der Waals surface area contributed by atoms with Gasteiger partial charge in [-0.05, 0) is 69.6 Å². The number of carbonyl (C=O) groups is 2. The summed E-state index contributed by atoms with van der Waals surface area (Å²) in [5, 5.41) is 7.26. The summed E-state index contributed by atoms with van der Waals surface area (Å²) in [6.07, 6.45) is 8.51. The van der Waals surface area contributed by atoms with Crippen molar-refractivity contribution in [2.75, 3.05) is 0 Å². The standard InChI is InChI=1S/C19H29N3O2/c1-3-11(2)20-18(24)16-7-15(21-22-16)17(23)19-8-12-4-13(9-19)6-14(5-12)10-19/h11-14,16,22H,3-10H2,1-2H3,(H,20,24). The van der Waals surface area contributed by atoms with E-state index in [0.717, 1.165) is 43.4 Å². The number of carbonyl (C=O) groups excluding carboxylic acids is 2. The van der Waals surface area contributed by atoms with Crippen molar-refractivity contribution in [2.24, 2.45) is 28.3 Å². The highest BCUT2D eigenvalue weighted by molar-refractivity contribution is 6.42. The summed E-state index contributed by atoms with van der Waals surface area (Å²) in [7, 11) is 0. The number of Topliss-reactive ketones (excluding diaryl/α,β-unsaturated/α-hetero) is 1. The molecule has 2 N–H and O–H groups in total. The Kier molecular flexibility index (Phi) is 3.92. The average molecular weight is 331 g/mol. The molecule has 5 rings (SSSR count). The Morgan fingerprint density at radius 1 is 1.21 bits per heavy atom. The highest BCUT2D eigenvalue weighted by Crippen LogP contribution is 2.60. The molecule has 0 spiro atoms. The van der Waals surface area contributed by atoms with Gasteiger partial charge in [0.15, 0.2) is 5.78 Å². The van der Waals surface area contributed by atoms with Gasteiger partial charge in [0.25, 0.3) is 0 Å². The molecule has 0 aromatic carbocycles. The lowest BCUT2D eigenvalue weighted by molar-refractivity contribution is -0.136. The zero-order chi connectivity index (χ0) is 16.9. The van der Waals surface area contributed by atoms with E-state index in [1.165, 1.54) is 19.3 Å². The van der Waals surface area contributed by atoms with Crippen LogP contribution in [0.25, 0.3) is 0 Å². The normalized spacial score (nSPS) is 40.8. The number of hydrogen-bond acceptors (Lipinski definition) is 4. The van der Waals surface area contributed by atoms with Crippen LogP contribution >= 0.6 is 0 Å². The molecule has 5 nitrogen and oxygen atoms in total. The van der Waals surface area contributed by atoms with Gasteiger partial charge in [-0.25, -0.2) is 0 Å². The molecule has 1 aliphatic heterocycles. The van der Waals surface area contributed by atoms with Gasteiger partial charge in [0.05, 0.1) is 0 Å². The Morgan fingerprint density at radius 2 is 1.79 bits per heavy atom. The Bertz CT molecular complexity index is 548. The molecule has 4 saturated carbocycles. The van der Waals surface area contributed by atoms with Crippen LogP contribution in [0, 0.1) is 23.2 Å². The molecule has 0 saturated heterocycles. The highest BCUT2D eigenvalue weighted by Gasteiger charge is 2.55. The van der Waals surface area contributed by atoms with Gasteiger partial charge in [-0.3, -0.25) is 15.0 Å². The molecule has 5 heteroatoms. The Hall–Kier alpha value is -1.39. The van der Waals surface area contributed by atoms with Crippen LogP contribution in [0.5, 0.6) is 0 Å². The van der Waals surface area contributed by atoms with Crippen LogP contribution in [0.15, 0.2) is 5.10 Å². The van der Waals surface area contributed by atoms with Crippen LogP contribution in [-0.4, -0.2) is 29.5 Å². The fourth-order valence-electron chi connectivity index (χ4n) is 5.88. The molecule has 1 heterocycles. The predicted molar refractivity (Wildman–Crippen MR) is 92.5 cm³/mol. The van der Waals surface area contributed by atoms with Gasteiger partial charge in [0, 0.05) is 17.9 Å². The van der Waals surface area contributed by atoms with Gasteiger partial charge >= 0.3 is 0 Å². The summed E-state index contributed by atoms with van der Waals surface area (Å²) < 4.78 is 0. The number of hydrazone groups is 1. The van der Waals surface area contributed by atoms with E-state index < -0.39 is 0 Å². The van der Waals surface area contributed by atoms with Crippen LogP contribution in [-0.2, 0) is 9.59 Å². The maximum absolute atomic E-state index is 13.2. The second kappa shape index (κ2) is 5.85. The zero-order valence-electron chi connectivity index (χ0n) is 14.8. The van der Waals surface area contributed by atoms with Gasteiger partial charge < -0.3 is 5.32 Å². The number of rotatable bonds is 5. The molecule has 5 aliphatic rings.